The van der Waals surface area contributed by atoms with Crippen LogP contribution in [0.3, 0.4) is 0 Å². The molecule has 1 aromatic rings. The second-order valence-electron chi connectivity index (χ2n) is 7.50. The maximum absolute atomic E-state index is 12.4. The fourth-order valence-corrected chi connectivity index (χ4v) is 3.73. The number of carbonyl (C=O) groups is 5. The first-order chi connectivity index (χ1) is 14.4. The molecule has 0 aromatic heterocycles. The molecule has 1 aliphatic carbocycles. The summed E-state index contributed by atoms with van der Waals surface area (Å²) in [6.45, 7) is 0.263. The normalized spacial score (nSPS) is 21.2. The summed E-state index contributed by atoms with van der Waals surface area (Å²) in [6.07, 6.45) is 5.01. The minimum Gasteiger partial charge on any atom is -0.454 e. The van der Waals surface area contributed by atoms with Crippen LogP contribution in [0.15, 0.2) is 42.5 Å². The highest BCUT2D eigenvalue weighted by atomic mass is 16.5. The molecule has 1 fully saturated rings. The van der Waals surface area contributed by atoms with Gasteiger partial charge in [0.15, 0.2) is 12.4 Å². The molecule has 0 unspecified atom stereocenters. The molecule has 0 saturated carbocycles. The van der Waals surface area contributed by atoms with Crippen LogP contribution in [0.1, 0.15) is 25.3 Å². The van der Waals surface area contributed by atoms with E-state index in [0.717, 1.165) is 10.5 Å². The van der Waals surface area contributed by atoms with Gasteiger partial charge >= 0.3 is 5.97 Å². The molecule has 1 saturated heterocycles. The number of esters is 1. The van der Waals surface area contributed by atoms with E-state index in [1.54, 1.807) is 0 Å². The quantitative estimate of drug-likeness (QED) is 0.384. The molecule has 158 valence electrons. The van der Waals surface area contributed by atoms with Crippen molar-refractivity contribution in [2.24, 2.45) is 11.8 Å². The van der Waals surface area contributed by atoms with E-state index in [2.05, 4.69) is 5.32 Å². The Balaban J connectivity index is 1.48. The van der Waals surface area contributed by atoms with Gasteiger partial charge in [-0.15, -0.1) is 0 Å². The lowest BCUT2D eigenvalue weighted by molar-refractivity contribution is -0.155. The Kier molecular flexibility index (Phi) is 6.76. The van der Waals surface area contributed by atoms with E-state index >= 15 is 0 Å². The molecule has 0 bridgehead atoms. The average molecular weight is 412 g/mol. The van der Waals surface area contributed by atoms with Gasteiger partial charge in [0.2, 0.25) is 11.8 Å². The molecule has 1 aliphatic heterocycles. The second kappa shape index (κ2) is 9.47. The van der Waals surface area contributed by atoms with Gasteiger partial charge in [0.1, 0.15) is 6.54 Å². The number of Topliss-reactive ketones (excluding diaryl/α,β-unsaturated/α-hetero) is 1. The van der Waals surface area contributed by atoms with Crippen LogP contribution >= 0.6 is 0 Å². The van der Waals surface area contributed by atoms with E-state index in [9.17, 15) is 24.0 Å². The summed E-state index contributed by atoms with van der Waals surface area (Å²) in [5.41, 5.74) is 0.886. The van der Waals surface area contributed by atoms with Crippen molar-refractivity contribution in [3.05, 3.63) is 48.0 Å². The Labute approximate surface area is 174 Å². The van der Waals surface area contributed by atoms with Gasteiger partial charge in [-0.1, -0.05) is 42.5 Å². The minimum atomic E-state index is -0.846. The zero-order chi connectivity index (χ0) is 21.7. The highest BCUT2D eigenvalue weighted by Gasteiger charge is 2.47. The molecule has 0 radical (unpaired) electrons. The molecule has 8 heteroatoms. The highest BCUT2D eigenvalue weighted by Crippen LogP contribution is 2.34. The van der Waals surface area contributed by atoms with E-state index in [0.29, 0.717) is 19.3 Å². The Bertz CT molecular complexity index is 853. The number of rotatable bonds is 8. The Morgan fingerprint density at radius 1 is 1.07 bits per heavy atom. The van der Waals surface area contributed by atoms with Crippen LogP contribution in [0.25, 0.3) is 0 Å². The van der Waals surface area contributed by atoms with Crippen LogP contribution in [0.2, 0.25) is 0 Å². The fourth-order valence-electron chi connectivity index (χ4n) is 3.73. The summed E-state index contributed by atoms with van der Waals surface area (Å²) < 4.78 is 4.92. The van der Waals surface area contributed by atoms with Crippen molar-refractivity contribution in [2.45, 2.75) is 32.2 Å². The molecule has 3 rings (SSSR count). The maximum Gasteiger partial charge on any atom is 0.326 e. The number of fused-ring (bicyclic) bond motifs is 1. The number of imide groups is 1. The maximum atomic E-state index is 12.4. The molecule has 30 heavy (non-hydrogen) atoms. The van der Waals surface area contributed by atoms with Crippen LogP contribution < -0.4 is 5.32 Å². The minimum absolute atomic E-state index is 0.219. The van der Waals surface area contributed by atoms with Gasteiger partial charge in [0.05, 0.1) is 17.9 Å². The van der Waals surface area contributed by atoms with E-state index in [1.165, 1.54) is 6.92 Å². The van der Waals surface area contributed by atoms with Crippen molar-refractivity contribution in [3.63, 3.8) is 0 Å². The van der Waals surface area contributed by atoms with Crippen molar-refractivity contribution in [3.8, 4) is 0 Å². The molecule has 2 aliphatic rings. The third-order valence-corrected chi connectivity index (χ3v) is 5.36. The molecule has 1 aromatic carbocycles. The number of hydrogen-bond donors (Lipinski definition) is 1. The Morgan fingerprint density at radius 2 is 1.67 bits per heavy atom. The van der Waals surface area contributed by atoms with Crippen LogP contribution in [0, 0.1) is 11.8 Å². The lowest BCUT2D eigenvalue weighted by Crippen LogP contribution is -2.44. The highest BCUT2D eigenvalue weighted by molar-refractivity contribution is 6.07. The smallest absolute Gasteiger partial charge is 0.326 e. The fraction of sp³-hybridized carbons (Fsp3) is 0.409. The van der Waals surface area contributed by atoms with Crippen molar-refractivity contribution in [2.75, 3.05) is 13.2 Å². The number of hydrogen-bond acceptors (Lipinski definition) is 6. The van der Waals surface area contributed by atoms with Crippen molar-refractivity contribution < 1.29 is 28.7 Å². The summed E-state index contributed by atoms with van der Waals surface area (Å²) in [7, 11) is 0. The number of likely N-dealkylation sites (tertiary alicyclic amines) is 1. The summed E-state index contributed by atoms with van der Waals surface area (Å²) in [4.78, 5) is 61.7. The lowest BCUT2D eigenvalue weighted by Gasteiger charge is -2.17. The van der Waals surface area contributed by atoms with Gasteiger partial charge in [0, 0.05) is 0 Å². The van der Waals surface area contributed by atoms with E-state index < -0.39 is 42.9 Å². The van der Waals surface area contributed by atoms with Gasteiger partial charge in [-0.3, -0.25) is 28.9 Å². The van der Waals surface area contributed by atoms with E-state index in [4.69, 9.17) is 4.74 Å². The molecule has 1 heterocycles. The van der Waals surface area contributed by atoms with Crippen LogP contribution in [0.4, 0.5) is 0 Å². The first kappa shape index (κ1) is 21.4. The molecule has 1 N–H and O–H groups in total. The molecular formula is C22H24N2O6. The zero-order valence-electron chi connectivity index (χ0n) is 16.7. The number of ketones is 1. The lowest BCUT2D eigenvalue weighted by atomic mass is 9.85. The third-order valence-electron chi connectivity index (χ3n) is 5.36. The van der Waals surface area contributed by atoms with Crippen LogP contribution in [0.5, 0.6) is 0 Å². The summed E-state index contributed by atoms with van der Waals surface area (Å²) in [6, 6.07) is 8.48. The monoisotopic (exact) mass is 412 g/mol. The Hall–Kier alpha value is -3.29. The number of nitrogens with zero attached hydrogens (tertiary/aromatic N) is 1. The summed E-state index contributed by atoms with van der Waals surface area (Å²) in [5, 5.41) is 2.55. The van der Waals surface area contributed by atoms with Gasteiger partial charge in [0.25, 0.3) is 5.91 Å². The number of carbonyl (C=O) groups excluding carboxylic acids is 5. The van der Waals surface area contributed by atoms with Gasteiger partial charge < -0.3 is 10.1 Å². The standard InChI is InChI=1S/C22H24N2O6/c1-14(25)18(11-15-7-3-2-4-8-15)23-19(26)13-30-20(27)12-24-21(28)16-9-5-6-10-17(16)22(24)29/h2-8,16-18H,9-13H2,1H3,(H,23,26)/t16-,17-,18-/m0/s1. The largest absolute Gasteiger partial charge is 0.454 e. The number of allylic oxidation sites excluding steroid dienone is 2. The van der Waals surface area contributed by atoms with Gasteiger partial charge in [-0.25, -0.2) is 0 Å². The third kappa shape index (κ3) is 5.00. The zero-order valence-corrected chi connectivity index (χ0v) is 16.7. The molecule has 3 atom stereocenters. The number of nitrogens with one attached hydrogen (secondary N) is 1. The number of benzene rings is 1. The second-order valence-corrected chi connectivity index (χ2v) is 7.50. The van der Waals surface area contributed by atoms with Crippen molar-refractivity contribution in [1.29, 1.82) is 0 Å². The van der Waals surface area contributed by atoms with Gasteiger partial charge in [-0.05, 0) is 31.7 Å². The predicted octanol–water partition coefficient (Wildman–Crippen LogP) is 0.797. The van der Waals surface area contributed by atoms with Crippen molar-refractivity contribution in [1.82, 2.24) is 10.2 Å². The topological polar surface area (TPSA) is 110 Å². The SMILES string of the molecule is CC(=O)[C@H](Cc1ccccc1)NC(=O)COC(=O)CN1C(=O)[C@H]2CC=CC[C@@H]2C1=O. The number of amides is 3. The summed E-state index contributed by atoms with van der Waals surface area (Å²) in [5.74, 6) is -3.30. The first-order valence-electron chi connectivity index (χ1n) is 9.86. The molecule has 3 amide bonds. The van der Waals surface area contributed by atoms with E-state index in [1.807, 2.05) is 42.5 Å². The predicted molar refractivity (Wildman–Crippen MR) is 106 cm³/mol. The number of ether oxygens (including phenoxy) is 1. The summed E-state index contributed by atoms with van der Waals surface area (Å²) >= 11 is 0. The van der Waals surface area contributed by atoms with Crippen LogP contribution in [-0.2, 0) is 35.1 Å². The van der Waals surface area contributed by atoms with E-state index in [-0.39, 0.29) is 17.6 Å². The van der Waals surface area contributed by atoms with Crippen LogP contribution in [-0.4, -0.2) is 53.6 Å². The molecular weight excluding hydrogens is 388 g/mol. The first-order valence-corrected chi connectivity index (χ1v) is 9.86. The Morgan fingerprint density at radius 3 is 2.23 bits per heavy atom. The molecule has 0 spiro atoms. The van der Waals surface area contributed by atoms with Gasteiger partial charge in [-0.2, -0.15) is 0 Å². The molecule has 8 nitrogen and oxygen atoms in total. The van der Waals surface area contributed by atoms with Crippen molar-refractivity contribution >= 4 is 29.5 Å². The average Bonchev–Trinajstić information content (AvgIpc) is 2.97.